The van der Waals surface area contributed by atoms with E-state index in [2.05, 4.69) is 44.3 Å². The summed E-state index contributed by atoms with van der Waals surface area (Å²) in [6.45, 7) is 6.65. The first-order chi connectivity index (χ1) is 9.06. The average molecular weight is 281 g/mol. The van der Waals surface area contributed by atoms with Gasteiger partial charge in [0.2, 0.25) is 0 Å². The zero-order valence-corrected chi connectivity index (χ0v) is 13.4. The van der Waals surface area contributed by atoms with E-state index in [0.29, 0.717) is 0 Å². The van der Waals surface area contributed by atoms with Gasteiger partial charge in [-0.15, -0.1) is 11.8 Å². The number of aliphatic hydroxyl groups is 1. The Bertz CT molecular complexity index is 380. The number of nitrogens with one attached hydrogen (secondary N) is 1. The van der Waals surface area contributed by atoms with Crippen LogP contribution in [0.1, 0.15) is 37.3 Å². The molecule has 1 rings (SSSR count). The summed E-state index contributed by atoms with van der Waals surface area (Å²) in [5.74, 6) is 1.10. The maximum Gasteiger partial charge on any atom is 0.0613 e. The third kappa shape index (κ3) is 4.83. The van der Waals surface area contributed by atoms with E-state index in [4.69, 9.17) is 0 Å². The van der Waals surface area contributed by atoms with Crippen molar-refractivity contribution in [2.75, 3.05) is 19.4 Å². The Labute approximate surface area is 122 Å². The fourth-order valence-corrected chi connectivity index (χ4v) is 3.10. The highest BCUT2D eigenvalue weighted by atomic mass is 32.2. The van der Waals surface area contributed by atoms with Crippen LogP contribution in [0.25, 0.3) is 0 Å². The van der Waals surface area contributed by atoms with Gasteiger partial charge in [0.25, 0.3) is 0 Å². The summed E-state index contributed by atoms with van der Waals surface area (Å²) in [6.07, 6.45) is 3.11. The van der Waals surface area contributed by atoms with Gasteiger partial charge in [-0.1, -0.05) is 13.0 Å². The van der Waals surface area contributed by atoms with Gasteiger partial charge in [0.1, 0.15) is 0 Å². The minimum Gasteiger partial charge on any atom is -0.394 e. The van der Waals surface area contributed by atoms with E-state index in [-0.39, 0.29) is 12.1 Å². The third-order valence-corrected chi connectivity index (χ3v) is 5.14. The first-order valence-corrected chi connectivity index (χ1v) is 8.05. The van der Waals surface area contributed by atoms with Crippen LogP contribution in [0, 0.1) is 13.8 Å². The Morgan fingerprint density at radius 3 is 2.53 bits per heavy atom. The first-order valence-electron chi connectivity index (χ1n) is 7.06. The monoisotopic (exact) mass is 281 g/mol. The second-order valence-electron chi connectivity index (χ2n) is 5.24. The molecule has 0 fully saturated rings. The molecule has 0 aliphatic carbocycles. The van der Waals surface area contributed by atoms with Gasteiger partial charge in [-0.25, -0.2) is 0 Å². The van der Waals surface area contributed by atoms with Crippen LogP contribution in [-0.2, 0) is 0 Å². The van der Waals surface area contributed by atoms with Crippen LogP contribution >= 0.6 is 11.8 Å². The van der Waals surface area contributed by atoms with Crippen molar-refractivity contribution in [2.45, 2.75) is 50.5 Å². The first kappa shape index (κ1) is 16.5. The third-order valence-electron chi connectivity index (χ3n) is 4.06. The van der Waals surface area contributed by atoms with Crippen molar-refractivity contribution >= 4 is 11.8 Å². The Morgan fingerprint density at radius 2 is 2.00 bits per heavy atom. The number of rotatable bonds is 8. The van der Waals surface area contributed by atoms with E-state index in [1.54, 1.807) is 0 Å². The molecule has 0 aliphatic rings. The molecule has 1 unspecified atom stereocenters. The molecule has 0 heterocycles. The summed E-state index contributed by atoms with van der Waals surface area (Å²) < 4.78 is 0. The topological polar surface area (TPSA) is 32.3 Å². The molecule has 2 nitrogen and oxygen atoms in total. The summed E-state index contributed by atoms with van der Waals surface area (Å²) in [6, 6.07) is 6.65. The maximum absolute atomic E-state index is 9.49. The lowest BCUT2D eigenvalue weighted by Crippen LogP contribution is -2.45. The van der Waals surface area contributed by atoms with E-state index in [0.717, 1.165) is 25.0 Å². The van der Waals surface area contributed by atoms with Crippen LogP contribution in [0.4, 0.5) is 0 Å². The fourth-order valence-electron chi connectivity index (χ4n) is 2.15. The minimum absolute atomic E-state index is 0.0935. The van der Waals surface area contributed by atoms with Crippen LogP contribution in [0.2, 0.25) is 0 Å². The molecule has 1 atom stereocenters. The Balaban J connectivity index is 2.40. The van der Waals surface area contributed by atoms with Gasteiger partial charge in [0.05, 0.1) is 6.61 Å². The molecule has 0 aromatic heterocycles. The molecule has 0 bridgehead atoms. The van der Waals surface area contributed by atoms with E-state index < -0.39 is 0 Å². The number of thioether (sulfide) groups is 1. The van der Waals surface area contributed by atoms with Gasteiger partial charge < -0.3 is 10.4 Å². The van der Waals surface area contributed by atoms with Crippen molar-refractivity contribution in [3.8, 4) is 0 Å². The molecule has 108 valence electrons. The minimum atomic E-state index is -0.0935. The number of likely N-dealkylation sites (N-methyl/N-ethyl adjacent to an activating group) is 1. The maximum atomic E-state index is 9.49. The average Bonchev–Trinajstić information content (AvgIpc) is 2.44. The molecule has 1 aromatic carbocycles. The number of aryl methyl sites for hydroxylation is 2. The van der Waals surface area contributed by atoms with Crippen LogP contribution in [-0.4, -0.2) is 30.1 Å². The van der Waals surface area contributed by atoms with E-state index in [1.807, 2.05) is 18.8 Å². The molecule has 0 spiro atoms. The van der Waals surface area contributed by atoms with Crippen molar-refractivity contribution < 1.29 is 5.11 Å². The summed E-state index contributed by atoms with van der Waals surface area (Å²) in [7, 11) is 1.94. The summed E-state index contributed by atoms with van der Waals surface area (Å²) >= 11 is 1.91. The molecule has 3 heteroatoms. The van der Waals surface area contributed by atoms with Gasteiger partial charge in [0.15, 0.2) is 0 Å². The normalized spacial score (nSPS) is 14.4. The molecule has 2 N–H and O–H groups in total. The highest BCUT2D eigenvalue weighted by Crippen LogP contribution is 2.24. The highest BCUT2D eigenvalue weighted by molar-refractivity contribution is 7.99. The Morgan fingerprint density at radius 1 is 1.26 bits per heavy atom. The van der Waals surface area contributed by atoms with Crippen molar-refractivity contribution in [1.29, 1.82) is 0 Å². The highest BCUT2D eigenvalue weighted by Gasteiger charge is 2.23. The summed E-state index contributed by atoms with van der Waals surface area (Å²) in [5, 5.41) is 12.8. The molecule has 19 heavy (non-hydrogen) atoms. The van der Waals surface area contributed by atoms with E-state index in [9.17, 15) is 5.11 Å². The van der Waals surface area contributed by atoms with E-state index in [1.165, 1.54) is 16.0 Å². The molecule has 0 saturated heterocycles. The zero-order chi connectivity index (χ0) is 14.3. The van der Waals surface area contributed by atoms with Crippen LogP contribution in [0.5, 0.6) is 0 Å². The molecule has 0 aliphatic heterocycles. The van der Waals surface area contributed by atoms with Crippen molar-refractivity contribution in [1.82, 2.24) is 5.32 Å². The van der Waals surface area contributed by atoms with Crippen LogP contribution in [0.3, 0.4) is 0 Å². The smallest absolute Gasteiger partial charge is 0.0613 e. The largest absolute Gasteiger partial charge is 0.394 e. The number of benzene rings is 1. The van der Waals surface area contributed by atoms with Crippen molar-refractivity contribution in [3.05, 3.63) is 29.3 Å². The number of hydrogen-bond donors (Lipinski definition) is 2. The molecule has 0 saturated carbocycles. The Kier molecular flexibility index (Phi) is 6.90. The van der Waals surface area contributed by atoms with Gasteiger partial charge >= 0.3 is 0 Å². The Hall–Kier alpha value is -0.510. The standard InChI is InChI=1S/C16H27NOS/c1-5-16(12-18,17-4)9-6-10-19-15-8-7-13(2)14(3)11-15/h7-8,11,17-18H,5-6,9-10,12H2,1-4H3. The van der Waals surface area contributed by atoms with Crippen LogP contribution < -0.4 is 5.32 Å². The number of hydrogen-bond acceptors (Lipinski definition) is 3. The summed E-state index contributed by atoms with van der Waals surface area (Å²) in [4.78, 5) is 1.35. The lowest BCUT2D eigenvalue weighted by Gasteiger charge is -2.30. The quantitative estimate of drug-likeness (QED) is 0.565. The SMILES string of the molecule is CCC(CO)(CCCSc1ccc(C)c(C)c1)NC. The van der Waals surface area contributed by atoms with Gasteiger partial charge in [-0.3, -0.25) is 0 Å². The van der Waals surface area contributed by atoms with Gasteiger partial charge in [0, 0.05) is 10.4 Å². The fraction of sp³-hybridized carbons (Fsp3) is 0.625. The lowest BCUT2D eigenvalue weighted by molar-refractivity contribution is 0.154. The molecular weight excluding hydrogens is 254 g/mol. The second-order valence-corrected chi connectivity index (χ2v) is 6.41. The van der Waals surface area contributed by atoms with E-state index >= 15 is 0 Å². The zero-order valence-electron chi connectivity index (χ0n) is 12.6. The van der Waals surface area contributed by atoms with Gasteiger partial charge in [-0.2, -0.15) is 0 Å². The number of aliphatic hydroxyl groups excluding tert-OH is 1. The lowest BCUT2D eigenvalue weighted by atomic mass is 9.92. The molecule has 1 aromatic rings. The molecule has 0 amide bonds. The predicted octanol–water partition coefficient (Wildman–Crippen LogP) is 3.54. The van der Waals surface area contributed by atoms with Crippen LogP contribution in [0.15, 0.2) is 23.1 Å². The van der Waals surface area contributed by atoms with Crippen molar-refractivity contribution in [2.24, 2.45) is 0 Å². The summed E-state index contributed by atoms with van der Waals surface area (Å²) in [5.41, 5.74) is 2.62. The second kappa shape index (κ2) is 7.93. The predicted molar refractivity (Wildman–Crippen MR) is 85.0 cm³/mol. The molecule has 0 radical (unpaired) electrons. The van der Waals surface area contributed by atoms with Crippen molar-refractivity contribution in [3.63, 3.8) is 0 Å². The molecular formula is C16H27NOS. The van der Waals surface area contributed by atoms with Gasteiger partial charge in [-0.05, 0) is 69.2 Å².